The minimum absolute atomic E-state index is 0.0134. The average Bonchev–Trinajstić information content (AvgIpc) is 3.14. The zero-order valence-electron chi connectivity index (χ0n) is 22.5. The van der Waals surface area contributed by atoms with Crippen LogP contribution in [-0.4, -0.2) is 28.4 Å². The largest absolute Gasteiger partial charge is 0.506 e. The van der Waals surface area contributed by atoms with Gasteiger partial charge in [-0.3, -0.25) is 9.69 Å². The molecule has 1 atom stereocenters. The van der Waals surface area contributed by atoms with E-state index in [1.165, 1.54) is 11.0 Å². The van der Waals surface area contributed by atoms with Gasteiger partial charge in [0.15, 0.2) is 11.6 Å². The highest BCUT2D eigenvalue weighted by atomic mass is 32.2. The number of hydrogen-bond donors (Lipinski definition) is 2. The summed E-state index contributed by atoms with van der Waals surface area (Å²) in [7, 11) is 0. The number of fused-ring (bicyclic) bond motifs is 1. The number of ether oxygens (including phenoxy) is 1. The molecule has 2 aromatic carbocycles. The summed E-state index contributed by atoms with van der Waals surface area (Å²) in [5.74, 6) is 6.40. The van der Waals surface area contributed by atoms with Crippen molar-refractivity contribution < 1.29 is 23.4 Å². The number of hydrogen-bond acceptors (Lipinski definition) is 7. The first-order chi connectivity index (χ1) is 18.6. The number of phenolic OH excluding ortho intramolecular Hbond substituents is 1. The van der Waals surface area contributed by atoms with Gasteiger partial charge in [-0.15, -0.1) is 17.7 Å². The van der Waals surface area contributed by atoms with E-state index in [1.54, 1.807) is 62.9 Å². The van der Waals surface area contributed by atoms with Crippen LogP contribution in [0.1, 0.15) is 60.9 Å². The number of aryl methyl sites for hydroxylation is 2. The summed E-state index contributed by atoms with van der Waals surface area (Å²) >= 11 is 1.58. The molecule has 0 saturated carbocycles. The molecule has 202 valence electrons. The summed E-state index contributed by atoms with van der Waals surface area (Å²) in [5, 5.41) is 14.3. The molecular formula is C30H30FN3O4S. The second-order valence-electron chi connectivity index (χ2n) is 10.4. The Morgan fingerprint density at radius 1 is 1.33 bits per heavy atom. The number of carbonyl (C=O) groups excluding carboxylic acids is 1. The quantitative estimate of drug-likeness (QED) is 0.277. The van der Waals surface area contributed by atoms with Gasteiger partial charge in [-0.05, 0) is 49.9 Å². The molecule has 3 heterocycles. The van der Waals surface area contributed by atoms with Crippen molar-refractivity contribution >= 4 is 29.0 Å². The number of anilines is 2. The van der Waals surface area contributed by atoms with Gasteiger partial charge in [-0.2, -0.15) is 0 Å². The molecule has 0 unspecified atom stereocenters. The smallest absolute Gasteiger partial charge is 0.281 e. The van der Waals surface area contributed by atoms with Crippen LogP contribution in [0, 0.1) is 36.9 Å². The minimum atomic E-state index is -0.829. The first-order valence-electron chi connectivity index (χ1n) is 12.6. The standard InChI is InChI=1S/C30H30FN3O4S/c1-6-7-13-37-19-11-12-20(21(31)14-19)27-28-22(15-30(4,5)16-39-28)33-26-23(9-8-10-24(26)35)34(27)29(36)25-17(2)38-18(3)32-25/h8-12,14,27,33,35H,13,15-16H2,1-5H3/t27-/m0/s1. The summed E-state index contributed by atoms with van der Waals surface area (Å²) in [4.78, 5) is 21.0. The first-order valence-corrected chi connectivity index (χ1v) is 13.6. The predicted molar refractivity (Wildman–Crippen MR) is 150 cm³/mol. The molecule has 2 aliphatic heterocycles. The predicted octanol–water partition coefficient (Wildman–Crippen LogP) is 6.73. The molecule has 39 heavy (non-hydrogen) atoms. The van der Waals surface area contributed by atoms with Crippen molar-refractivity contribution in [2.45, 2.75) is 47.1 Å². The fraction of sp³-hybridized carbons (Fsp3) is 0.333. The monoisotopic (exact) mass is 547 g/mol. The average molecular weight is 548 g/mol. The lowest BCUT2D eigenvalue weighted by Crippen LogP contribution is -2.37. The van der Waals surface area contributed by atoms with E-state index in [1.807, 2.05) is 0 Å². The number of nitrogens with zero attached hydrogens (tertiary/aromatic N) is 2. The van der Waals surface area contributed by atoms with E-state index in [-0.39, 0.29) is 23.5 Å². The van der Waals surface area contributed by atoms with Gasteiger partial charge in [0.2, 0.25) is 0 Å². The Bertz CT molecular complexity index is 1550. The number of carbonyl (C=O) groups is 1. The van der Waals surface area contributed by atoms with E-state index in [9.17, 15) is 9.90 Å². The zero-order valence-corrected chi connectivity index (χ0v) is 23.3. The zero-order chi connectivity index (χ0) is 27.9. The third-order valence-electron chi connectivity index (χ3n) is 6.71. The summed E-state index contributed by atoms with van der Waals surface area (Å²) in [5.41, 5.74) is 2.02. The van der Waals surface area contributed by atoms with Crippen molar-refractivity contribution in [3.05, 3.63) is 75.7 Å². The lowest BCUT2D eigenvalue weighted by molar-refractivity contribution is 0.0974. The van der Waals surface area contributed by atoms with Crippen LogP contribution < -0.4 is 15.0 Å². The highest BCUT2D eigenvalue weighted by Gasteiger charge is 2.42. The van der Waals surface area contributed by atoms with Crippen LogP contribution >= 0.6 is 11.8 Å². The van der Waals surface area contributed by atoms with Gasteiger partial charge in [0.1, 0.15) is 35.4 Å². The Labute approximate surface area is 231 Å². The minimum Gasteiger partial charge on any atom is -0.506 e. The Balaban J connectivity index is 1.74. The van der Waals surface area contributed by atoms with E-state index in [0.717, 1.165) is 16.4 Å². The fourth-order valence-electron chi connectivity index (χ4n) is 4.95. The van der Waals surface area contributed by atoms with Crippen LogP contribution in [0.15, 0.2) is 51.4 Å². The molecule has 0 saturated heterocycles. The number of oxazole rings is 1. The van der Waals surface area contributed by atoms with Gasteiger partial charge in [-0.25, -0.2) is 9.37 Å². The van der Waals surface area contributed by atoms with Crippen molar-refractivity contribution in [3.63, 3.8) is 0 Å². The second-order valence-corrected chi connectivity index (χ2v) is 11.4. The topological polar surface area (TPSA) is 87.8 Å². The molecule has 2 N–H and O–H groups in total. The van der Waals surface area contributed by atoms with Crippen molar-refractivity contribution in [1.29, 1.82) is 0 Å². The van der Waals surface area contributed by atoms with E-state index >= 15 is 4.39 Å². The Morgan fingerprint density at radius 3 is 2.82 bits per heavy atom. The molecule has 0 radical (unpaired) electrons. The number of thioether (sulfide) groups is 1. The molecule has 9 heteroatoms. The van der Waals surface area contributed by atoms with E-state index in [4.69, 9.17) is 9.15 Å². The number of aromatic nitrogens is 1. The lowest BCUT2D eigenvalue weighted by atomic mass is 9.88. The van der Waals surface area contributed by atoms with E-state index < -0.39 is 17.8 Å². The Kier molecular flexibility index (Phi) is 7.08. The molecule has 1 amide bonds. The van der Waals surface area contributed by atoms with Crippen molar-refractivity contribution in [2.24, 2.45) is 5.41 Å². The molecule has 0 aliphatic carbocycles. The molecule has 0 fully saturated rings. The van der Waals surface area contributed by atoms with Gasteiger partial charge < -0.3 is 19.6 Å². The van der Waals surface area contributed by atoms with Gasteiger partial charge >= 0.3 is 0 Å². The Hall–Kier alpha value is -3.90. The number of benzene rings is 2. The van der Waals surface area contributed by atoms with Crippen LogP contribution in [0.3, 0.4) is 0 Å². The third kappa shape index (κ3) is 5.09. The molecule has 1 aromatic heterocycles. The Morgan fingerprint density at radius 2 is 2.13 bits per heavy atom. The highest BCUT2D eigenvalue weighted by Crippen LogP contribution is 2.54. The van der Waals surface area contributed by atoms with Crippen LogP contribution in [0.5, 0.6) is 11.5 Å². The van der Waals surface area contributed by atoms with Crippen LogP contribution in [0.25, 0.3) is 0 Å². The molecule has 2 aliphatic rings. The van der Waals surface area contributed by atoms with Crippen LogP contribution in [0.4, 0.5) is 15.8 Å². The number of para-hydroxylation sites is 1. The number of rotatable bonds is 4. The lowest BCUT2D eigenvalue weighted by Gasteiger charge is -2.37. The molecule has 0 bridgehead atoms. The van der Waals surface area contributed by atoms with Crippen LogP contribution in [-0.2, 0) is 0 Å². The maximum absolute atomic E-state index is 16.0. The number of halogens is 1. The molecule has 5 rings (SSSR count). The van der Waals surface area contributed by atoms with Gasteiger partial charge in [0, 0.05) is 34.9 Å². The third-order valence-corrected chi connectivity index (χ3v) is 8.42. The van der Waals surface area contributed by atoms with Crippen LogP contribution in [0.2, 0.25) is 0 Å². The SMILES string of the molecule is CC#CCOc1ccc([C@H]2C3=C(CC(C)(C)CS3)Nc3c(O)cccc3N2C(=O)c2nc(C)oc2C)c(F)c1. The number of allylic oxidation sites excluding steroid dienone is 1. The van der Waals surface area contributed by atoms with Crippen molar-refractivity contribution in [1.82, 2.24) is 4.98 Å². The maximum Gasteiger partial charge on any atom is 0.281 e. The fourth-order valence-corrected chi connectivity index (χ4v) is 6.29. The van der Waals surface area contributed by atoms with Gasteiger partial charge in [0.05, 0.1) is 11.7 Å². The molecule has 3 aromatic rings. The number of amides is 1. The van der Waals surface area contributed by atoms with Crippen molar-refractivity contribution in [3.8, 4) is 23.3 Å². The summed E-state index contributed by atoms with van der Waals surface area (Å²) in [6.45, 7) is 9.52. The maximum atomic E-state index is 16.0. The second kappa shape index (κ2) is 10.3. The van der Waals surface area contributed by atoms with E-state index in [0.29, 0.717) is 40.8 Å². The molecular weight excluding hydrogens is 517 g/mol. The summed E-state index contributed by atoms with van der Waals surface area (Å²) in [6.07, 6.45) is 0.655. The highest BCUT2D eigenvalue weighted by molar-refractivity contribution is 8.03. The number of aromatic hydroxyl groups is 1. The summed E-state index contributed by atoms with van der Waals surface area (Å²) in [6, 6.07) is 8.79. The summed E-state index contributed by atoms with van der Waals surface area (Å²) < 4.78 is 27.1. The van der Waals surface area contributed by atoms with Gasteiger partial charge in [0.25, 0.3) is 5.91 Å². The number of phenols is 1. The molecule has 0 spiro atoms. The molecule has 7 nitrogen and oxygen atoms in total. The van der Waals surface area contributed by atoms with E-state index in [2.05, 4.69) is 36.0 Å². The first kappa shape index (κ1) is 26.7. The normalized spacial score (nSPS) is 17.8. The van der Waals surface area contributed by atoms with Gasteiger partial charge in [-0.1, -0.05) is 25.8 Å². The van der Waals surface area contributed by atoms with Crippen molar-refractivity contribution in [2.75, 3.05) is 22.6 Å². The number of nitrogens with one attached hydrogen (secondary N) is 1.